The maximum absolute atomic E-state index is 5.51. The van der Waals surface area contributed by atoms with Crippen molar-refractivity contribution in [2.24, 2.45) is 10.4 Å². The van der Waals surface area contributed by atoms with Gasteiger partial charge < -0.3 is 24.4 Å². The molecule has 0 radical (unpaired) electrons. The van der Waals surface area contributed by atoms with E-state index in [0.29, 0.717) is 23.5 Å². The summed E-state index contributed by atoms with van der Waals surface area (Å²) in [6, 6.07) is 3.81. The Hall–Kier alpha value is -2.11. The summed E-state index contributed by atoms with van der Waals surface area (Å²) in [5.41, 5.74) is 1.57. The first-order valence-electron chi connectivity index (χ1n) is 8.89. The number of likely N-dealkylation sites (tertiary alicyclic amines) is 1. The van der Waals surface area contributed by atoms with Crippen molar-refractivity contribution in [2.45, 2.75) is 32.2 Å². The fourth-order valence-electron chi connectivity index (χ4n) is 3.94. The number of rotatable bonds is 5. The van der Waals surface area contributed by atoms with Crippen molar-refractivity contribution in [1.29, 1.82) is 0 Å². The highest BCUT2D eigenvalue weighted by atomic mass is 16.5. The quantitative estimate of drug-likeness (QED) is 0.655. The number of guanidine groups is 1. The van der Waals surface area contributed by atoms with Crippen LogP contribution in [0.2, 0.25) is 0 Å². The van der Waals surface area contributed by atoms with Crippen LogP contribution in [0.5, 0.6) is 17.2 Å². The van der Waals surface area contributed by atoms with Crippen molar-refractivity contribution >= 4 is 5.96 Å². The van der Waals surface area contributed by atoms with Crippen molar-refractivity contribution in [2.75, 3.05) is 41.5 Å². The molecule has 0 amide bonds. The largest absolute Gasteiger partial charge is 0.496 e. The number of benzene rings is 1. The second-order valence-corrected chi connectivity index (χ2v) is 6.94. The first-order chi connectivity index (χ1) is 12.1. The van der Waals surface area contributed by atoms with Gasteiger partial charge in [0.1, 0.15) is 5.75 Å². The molecule has 1 heterocycles. The normalized spacial score (nSPS) is 18.9. The predicted octanol–water partition coefficient (Wildman–Crippen LogP) is 2.66. The molecule has 2 fully saturated rings. The van der Waals surface area contributed by atoms with E-state index in [0.717, 1.165) is 30.4 Å². The maximum Gasteiger partial charge on any atom is 0.193 e. The van der Waals surface area contributed by atoms with Crippen LogP contribution in [-0.2, 0) is 6.54 Å². The first kappa shape index (κ1) is 17.7. The van der Waals surface area contributed by atoms with Crippen LogP contribution in [0.1, 0.15) is 31.2 Å². The molecule has 1 spiro atoms. The molecule has 1 N–H and O–H groups in total. The number of ether oxygens (including phenoxy) is 3. The lowest BCUT2D eigenvalue weighted by molar-refractivity contribution is 0.151. The van der Waals surface area contributed by atoms with E-state index in [1.165, 1.54) is 25.7 Å². The monoisotopic (exact) mass is 347 g/mol. The van der Waals surface area contributed by atoms with E-state index in [9.17, 15) is 0 Å². The topological polar surface area (TPSA) is 55.3 Å². The Balaban J connectivity index is 1.69. The van der Waals surface area contributed by atoms with Crippen molar-refractivity contribution in [3.63, 3.8) is 0 Å². The van der Waals surface area contributed by atoms with Crippen molar-refractivity contribution in [1.82, 2.24) is 10.2 Å². The van der Waals surface area contributed by atoms with Crippen molar-refractivity contribution in [3.8, 4) is 17.2 Å². The van der Waals surface area contributed by atoms with Crippen LogP contribution in [0.3, 0.4) is 0 Å². The van der Waals surface area contributed by atoms with E-state index in [2.05, 4.69) is 15.2 Å². The molecule has 0 unspecified atom stereocenters. The summed E-state index contributed by atoms with van der Waals surface area (Å²) in [5.74, 6) is 3.10. The second kappa shape index (κ2) is 7.42. The minimum Gasteiger partial charge on any atom is -0.496 e. The highest BCUT2D eigenvalue weighted by Gasteiger charge is 2.43. The SMILES string of the molecule is CN=C(NCc1cc(OC)c(OC)cc1OC)N1CCC2(CCC2)C1. The highest BCUT2D eigenvalue weighted by Crippen LogP contribution is 2.47. The van der Waals surface area contributed by atoms with E-state index >= 15 is 0 Å². The molecular formula is C19H29N3O3. The predicted molar refractivity (Wildman–Crippen MR) is 98.8 cm³/mol. The minimum atomic E-state index is 0.554. The maximum atomic E-state index is 5.51. The molecule has 2 aliphatic rings. The first-order valence-corrected chi connectivity index (χ1v) is 8.89. The summed E-state index contributed by atoms with van der Waals surface area (Å²) in [6.45, 7) is 2.83. The fraction of sp³-hybridized carbons (Fsp3) is 0.632. The van der Waals surface area contributed by atoms with Crippen LogP contribution in [0, 0.1) is 5.41 Å². The molecule has 0 aromatic heterocycles. The molecular weight excluding hydrogens is 318 g/mol. The smallest absolute Gasteiger partial charge is 0.193 e. The van der Waals surface area contributed by atoms with Crippen LogP contribution < -0.4 is 19.5 Å². The zero-order valence-corrected chi connectivity index (χ0v) is 15.7. The van der Waals surface area contributed by atoms with Crippen LogP contribution >= 0.6 is 0 Å². The van der Waals surface area contributed by atoms with Gasteiger partial charge in [0.2, 0.25) is 0 Å². The van der Waals surface area contributed by atoms with Gasteiger partial charge in [0.15, 0.2) is 17.5 Å². The van der Waals surface area contributed by atoms with E-state index < -0.39 is 0 Å². The molecule has 1 aliphatic heterocycles. The summed E-state index contributed by atoms with van der Waals surface area (Å²) in [6.07, 6.45) is 5.39. The summed E-state index contributed by atoms with van der Waals surface area (Å²) >= 11 is 0. The van der Waals surface area contributed by atoms with E-state index in [1.807, 2.05) is 19.2 Å². The second-order valence-electron chi connectivity index (χ2n) is 6.94. The molecule has 1 saturated heterocycles. The summed E-state index contributed by atoms with van der Waals surface area (Å²) < 4.78 is 16.3. The van der Waals surface area contributed by atoms with Gasteiger partial charge in [0.05, 0.1) is 21.3 Å². The molecule has 138 valence electrons. The van der Waals surface area contributed by atoms with Gasteiger partial charge in [-0.3, -0.25) is 4.99 Å². The third kappa shape index (κ3) is 3.48. The number of hydrogen-bond acceptors (Lipinski definition) is 4. The van der Waals surface area contributed by atoms with Gasteiger partial charge in [-0.1, -0.05) is 6.42 Å². The molecule has 1 saturated carbocycles. The molecule has 1 aliphatic carbocycles. The zero-order chi connectivity index (χ0) is 17.9. The highest BCUT2D eigenvalue weighted by molar-refractivity contribution is 5.80. The summed E-state index contributed by atoms with van der Waals surface area (Å²) in [7, 11) is 6.78. The van der Waals surface area contributed by atoms with E-state index in [4.69, 9.17) is 14.2 Å². The van der Waals surface area contributed by atoms with Crippen molar-refractivity contribution in [3.05, 3.63) is 17.7 Å². The Morgan fingerprint density at radius 2 is 1.76 bits per heavy atom. The molecule has 0 bridgehead atoms. The fourth-order valence-corrected chi connectivity index (χ4v) is 3.94. The molecule has 25 heavy (non-hydrogen) atoms. The van der Waals surface area contributed by atoms with Gasteiger partial charge in [-0.05, 0) is 30.7 Å². The van der Waals surface area contributed by atoms with Crippen LogP contribution in [0.4, 0.5) is 0 Å². The number of hydrogen-bond donors (Lipinski definition) is 1. The van der Waals surface area contributed by atoms with E-state index in [1.54, 1.807) is 21.3 Å². The molecule has 1 aromatic carbocycles. The van der Waals surface area contributed by atoms with Crippen LogP contribution in [-0.4, -0.2) is 52.3 Å². The standard InChI is InChI=1S/C19H29N3O3/c1-20-18(22-9-8-19(13-22)6-5-7-19)21-12-14-10-16(24-3)17(25-4)11-15(14)23-2/h10-11H,5-9,12-13H2,1-4H3,(H,20,21). The Kier molecular flexibility index (Phi) is 5.25. The lowest BCUT2D eigenvalue weighted by Crippen LogP contribution is -2.42. The lowest BCUT2D eigenvalue weighted by atomic mass is 9.68. The Labute approximate surface area is 150 Å². The number of nitrogens with zero attached hydrogens (tertiary/aromatic N) is 2. The molecule has 1 aromatic rings. The van der Waals surface area contributed by atoms with Crippen molar-refractivity contribution < 1.29 is 14.2 Å². The number of methoxy groups -OCH3 is 3. The van der Waals surface area contributed by atoms with Gasteiger partial charge in [0, 0.05) is 38.3 Å². The Bertz CT molecular complexity index is 641. The van der Waals surface area contributed by atoms with Gasteiger partial charge >= 0.3 is 0 Å². The molecule has 6 heteroatoms. The molecule has 3 rings (SSSR count). The minimum absolute atomic E-state index is 0.554. The zero-order valence-electron chi connectivity index (χ0n) is 15.7. The molecule has 0 atom stereocenters. The average molecular weight is 347 g/mol. The third-order valence-electron chi connectivity index (χ3n) is 5.59. The van der Waals surface area contributed by atoms with Gasteiger partial charge in [-0.25, -0.2) is 0 Å². The third-order valence-corrected chi connectivity index (χ3v) is 5.59. The van der Waals surface area contributed by atoms with Gasteiger partial charge in [-0.15, -0.1) is 0 Å². The average Bonchev–Trinajstić information content (AvgIpc) is 3.07. The summed E-state index contributed by atoms with van der Waals surface area (Å²) in [4.78, 5) is 6.86. The van der Waals surface area contributed by atoms with E-state index in [-0.39, 0.29) is 0 Å². The number of aliphatic imine (C=N–C) groups is 1. The van der Waals surface area contributed by atoms with Gasteiger partial charge in [-0.2, -0.15) is 0 Å². The van der Waals surface area contributed by atoms with Crippen LogP contribution in [0.25, 0.3) is 0 Å². The Morgan fingerprint density at radius 3 is 2.28 bits per heavy atom. The lowest BCUT2D eigenvalue weighted by Gasteiger charge is -2.38. The molecule has 6 nitrogen and oxygen atoms in total. The number of nitrogens with one attached hydrogen (secondary N) is 1. The van der Waals surface area contributed by atoms with Crippen LogP contribution in [0.15, 0.2) is 17.1 Å². The Morgan fingerprint density at radius 1 is 1.08 bits per heavy atom. The van der Waals surface area contributed by atoms with Gasteiger partial charge in [0.25, 0.3) is 0 Å². The summed E-state index contributed by atoms with van der Waals surface area (Å²) in [5, 5.41) is 3.48.